The molecule has 702 valence electrons. The second-order valence-corrected chi connectivity index (χ2v) is 53.4. The second kappa shape index (κ2) is 31.0. The zero-order valence-corrected chi connectivity index (χ0v) is 89.3. The van der Waals surface area contributed by atoms with Crippen LogP contribution in [0.3, 0.4) is 0 Å². The van der Waals surface area contributed by atoms with Crippen LogP contribution in [0.4, 0.5) is 0 Å². The molecule has 0 saturated heterocycles. The molecule has 0 unspecified atom stereocenters. The van der Waals surface area contributed by atoms with E-state index < -0.39 is 10.8 Å². The first-order valence-electron chi connectivity index (χ1n) is 50.0. The van der Waals surface area contributed by atoms with E-state index in [1.807, 2.05) is 0 Å². The summed E-state index contributed by atoms with van der Waals surface area (Å²) in [5.41, 5.74) is 43.3. The summed E-state index contributed by atoms with van der Waals surface area (Å²) >= 11 is 0. The fourth-order valence-corrected chi connectivity index (χ4v) is 21.4. The third-order valence-electron chi connectivity index (χ3n) is 30.5. The standard InChI is InChI=1S/C128H150N8/c1-115(2,3)77-51-71(52-78(63-77)116(4,5)6)105-91-39-41-95(129-91)107(73-55-81(119(13,14)15)65-82(56-73)120(16,17)18)97-47-49-101(133-97)111-113-89(69-103(135-113)109(99-45-43-93(105)131-99)75-59-85(123(25,26)27)67-86(60-75)124(28,29)30)127(37)90-70-104-110(76-61-87(125(31,32)33)68-88(62-76)126(34,35)36)100-46-44-94(132-100)106(72-53-79(117(7,8)9)64-80(54-72)118(10,11)12)92-40-42-96(130-92)108(74-57-83(121(19,20)21)66-84(58-74)122(22,23)24)98-48-50-102(134-98)112(114(90)136-104)128(111,127)38/h39-70,129-130,135-136H,1-38H3. The maximum atomic E-state index is 6.37. The van der Waals surface area contributed by atoms with Crippen LogP contribution in [0.2, 0.25) is 0 Å². The van der Waals surface area contributed by atoms with Crippen LogP contribution in [-0.4, -0.2) is 39.9 Å². The molecule has 4 aliphatic heterocycles. The molecule has 0 saturated carbocycles. The van der Waals surface area contributed by atoms with Crippen molar-refractivity contribution in [1.82, 2.24) is 39.9 Å². The van der Waals surface area contributed by atoms with Gasteiger partial charge in [-0.25, -0.2) is 19.9 Å². The van der Waals surface area contributed by atoms with Gasteiger partial charge in [0, 0.05) is 99.5 Å². The topological polar surface area (TPSA) is 115 Å². The molecule has 6 aromatic heterocycles. The van der Waals surface area contributed by atoms with E-state index in [1.165, 1.54) is 77.9 Å². The Kier molecular flexibility index (Phi) is 21.6. The average molecular weight is 1800 g/mol. The molecule has 8 heteroatoms. The van der Waals surface area contributed by atoms with E-state index in [0.29, 0.717) is 0 Å². The lowest BCUT2D eigenvalue weighted by molar-refractivity contribution is 0.401. The van der Waals surface area contributed by atoms with Crippen LogP contribution in [0.5, 0.6) is 0 Å². The van der Waals surface area contributed by atoms with Gasteiger partial charge < -0.3 is 19.9 Å². The third-order valence-corrected chi connectivity index (χ3v) is 30.5. The Balaban J connectivity index is 1.08. The molecule has 16 bridgehead atoms. The maximum absolute atomic E-state index is 6.37. The molecule has 6 aromatic carbocycles. The highest BCUT2D eigenvalue weighted by Crippen LogP contribution is 2.68. The largest absolute Gasteiger partial charge is 0.354 e. The summed E-state index contributed by atoms with van der Waals surface area (Å²) < 4.78 is 0. The lowest BCUT2D eigenvalue weighted by atomic mass is 9.62. The Morgan fingerprint density at radius 2 is 0.331 bits per heavy atom. The third kappa shape index (κ3) is 16.5. The van der Waals surface area contributed by atoms with E-state index in [-0.39, 0.29) is 65.0 Å². The Labute approximate surface area is 813 Å². The van der Waals surface area contributed by atoms with Crippen LogP contribution in [-0.2, 0) is 75.8 Å². The van der Waals surface area contributed by atoms with Gasteiger partial charge in [-0.3, -0.25) is 0 Å². The summed E-state index contributed by atoms with van der Waals surface area (Å²) in [6.45, 7) is 89.7. The highest BCUT2D eigenvalue weighted by atomic mass is 14.9. The van der Waals surface area contributed by atoms with E-state index in [1.54, 1.807) is 0 Å². The molecule has 0 amide bonds. The van der Waals surface area contributed by atoms with Crippen molar-refractivity contribution in [3.63, 3.8) is 0 Å². The van der Waals surface area contributed by atoms with E-state index >= 15 is 0 Å². The monoisotopic (exact) mass is 1800 g/mol. The van der Waals surface area contributed by atoms with E-state index in [0.717, 1.165) is 168 Å². The first-order chi connectivity index (χ1) is 62.6. The highest BCUT2D eigenvalue weighted by molar-refractivity contribution is 6.06. The summed E-state index contributed by atoms with van der Waals surface area (Å²) in [7, 11) is 0. The highest BCUT2D eigenvalue weighted by Gasteiger charge is 2.63. The molecule has 8 nitrogen and oxygen atoms in total. The predicted octanol–water partition coefficient (Wildman–Crippen LogP) is 35.1. The Morgan fingerprint density at radius 1 is 0.176 bits per heavy atom. The minimum atomic E-state index is -0.916. The predicted molar refractivity (Wildman–Crippen MR) is 588 cm³/mol. The fourth-order valence-electron chi connectivity index (χ4n) is 21.4. The smallest absolute Gasteiger partial charge is 0.0737 e. The molecular formula is C128H150N8. The van der Waals surface area contributed by atoms with Crippen molar-refractivity contribution in [2.45, 2.75) is 339 Å². The van der Waals surface area contributed by atoms with E-state index in [4.69, 9.17) is 19.9 Å². The number of fused-ring (bicyclic) bond motifs is 21. The van der Waals surface area contributed by atoms with Gasteiger partial charge in [0.15, 0.2) is 0 Å². The molecule has 12 aromatic rings. The lowest BCUT2D eigenvalue weighted by Crippen LogP contribution is -2.40. The van der Waals surface area contributed by atoms with Crippen LogP contribution >= 0.6 is 0 Å². The summed E-state index contributed by atoms with van der Waals surface area (Å²) in [6.07, 6.45) is 18.6. The van der Waals surface area contributed by atoms with Crippen molar-refractivity contribution in [1.29, 1.82) is 0 Å². The van der Waals surface area contributed by atoms with Gasteiger partial charge in [0.25, 0.3) is 0 Å². The first-order valence-corrected chi connectivity index (χ1v) is 50.0. The molecule has 10 heterocycles. The Bertz CT molecular complexity index is 6920. The molecule has 6 aliphatic rings. The number of aromatic amines is 4. The van der Waals surface area contributed by atoms with E-state index in [9.17, 15) is 0 Å². The number of rotatable bonds is 6. The van der Waals surface area contributed by atoms with Gasteiger partial charge in [-0.05, 0) is 268 Å². The number of nitrogens with zero attached hydrogens (tertiary/aromatic N) is 4. The van der Waals surface area contributed by atoms with Gasteiger partial charge >= 0.3 is 0 Å². The maximum Gasteiger partial charge on any atom is 0.0737 e. The SMILES string of the molecule is CC(C)(C)c1cc(-c2c3nc(c(-c4cc(C(C)(C)C)cc(C(C)(C)C)c4)c4cc5c([nH]4)c(c4nc(c(-c6cc(C(C)(C)C)cc(C(C)(C)C)c6)c6ccc2[nH]6)C=C4)C2(C)c4c6nc(c(-c7cc(C(C)(C)C)cc(C(C)(C)C)c7)c7ccc([nH]7)c(-c7cc(C(C)(C)C)cc(C(C)(C)C)c7)c7nc(c(-c8cc(C(C)(C)C)cc(C(C)(C)C)c8)c8cc(c4[nH]8)C52C)C=C7)C=C6)C=C3)cc(C(C)(C)C)c1. The number of aromatic nitrogens is 8. The van der Waals surface area contributed by atoms with Gasteiger partial charge in [-0.15, -0.1) is 0 Å². The number of H-pyrrole nitrogens is 4. The molecule has 136 heavy (non-hydrogen) atoms. The van der Waals surface area contributed by atoms with Crippen LogP contribution in [0.25, 0.3) is 160 Å². The fraction of sp³-hybridized carbons (Fsp3) is 0.406. The summed E-state index contributed by atoms with van der Waals surface area (Å²) in [6, 6.07) is 58.5. The van der Waals surface area contributed by atoms with E-state index in [2.05, 4.69) is 477 Å². The lowest BCUT2D eigenvalue weighted by Gasteiger charge is -2.38. The summed E-state index contributed by atoms with van der Waals surface area (Å²) in [4.78, 5) is 42.8. The Morgan fingerprint density at radius 3 is 0.500 bits per heavy atom. The first kappa shape index (κ1) is 94.9. The van der Waals surface area contributed by atoms with Gasteiger partial charge in [-0.2, -0.15) is 0 Å². The molecular weight excluding hydrogens is 1650 g/mol. The zero-order chi connectivity index (χ0) is 98.7. The van der Waals surface area contributed by atoms with Crippen molar-refractivity contribution in [3.05, 3.63) is 280 Å². The normalized spacial score (nSPS) is 16.5. The number of benzene rings is 6. The van der Waals surface area contributed by atoms with Crippen LogP contribution in [0.1, 0.15) is 398 Å². The van der Waals surface area contributed by atoms with Gasteiger partial charge in [0.05, 0.1) is 45.6 Å². The van der Waals surface area contributed by atoms with Crippen molar-refractivity contribution in [3.8, 4) is 66.8 Å². The van der Waals surface area contributed by atoms with Crippen LogP contribution < -0.4 is 0 Å². The van der Waals surface area contributed by atoms with Crippen molar-refractivity contribution in [2.75, 3.05) is 0 Å². The average Bonchev–Trinajstić information content (AvgIpc) is 1.47. The van der Waals surface area contributed by atoms with Gasteiger partial charge in [0.2, 0.25) is 0 Å². The molecule has 18 rings (SSSR count). The molecule has 0 spiro atoms. The minimum Gasteiger partial charge on any atom is -0.354 e. The molecule has 0 radical (unpaired) electrons. The van der Waals surface area contributed by atoms with Crippen LogP contribution in [0, 0.1) is 0 Å². The molecule has 2 aliphatic carbocycles. The van der Waals surface area contributed by atoms with Crippen LogP contribution in [0.15, 0.2) is 146 Å². The number of hydrogen-bond acceptors (Lipinski definition) is 4. The van der Waals surface area contributed by atoms with Crippen molar-refractivity contribution in [2.24, 2.45) is 0 Å². The Hall–Kier alpha value is -11.5. The summed E-state index contributed by atoms with van der Waals surface area (Å²) in [5, 5.41) is 0. The molecule has 0 fully saturated rings. The minimum absolute atomic E-state index is 0.174. The zero-order valence-electron chi connectivity index (χ0n) is 89.3. The van der Waals surface area contributed by atoms with Gasteiger partial charge in [0.1, 0.15) is 0 Å². The molecule has 4 N–H and O–H groups in total. The number of hydrogen-bond donors (Lipinski definition) is 4. The van der Waals surface area contributed by atoms with Crippen molar-refractivity contribution >= 4 is 92.7 Å². The van der Waals surface area contributed by atoms with Gasteiger partial charge in [-0.1, -0.05) is 365 Å². The number of nitrogens with one attached hydrogen (secondary N) is 4. The molecule has 0 atom stereocenters. The quantitative estimate of drug-likeness (QED) is 0.133. The van der Waals surface area contributed by atoms with Crippen molar-refractivity contribution < 1.29 is 0 Å². The summed E-state index contributed by atoms with van der Waals surface area (Å²) in [5.74, 6) is 0. The second-order valence-electron chi connectivity index (χ2n) is 53.4.